The molecule has 0 aliphatic carbocycles. The van der Waals surface area contributed by atoms with E-state index in [1.54, 1.807) is 12.3 Å². The van der Waals surface area contributed by atoms with Gasteiger partial charge in [0.05, 0.1) is 11.7 Å². The largest absolute Gasteiger partial charge is 0.352 e. The molecule has 1 aromatic carbocycles. The molecule has 2 N–H and O–H groups in total. The lowest BCUT2D eigenvalue weighted by atomic mass is 10.1. The topological polar surface area (TPSA) is 59.0 Å². The third-order valence-electron chi connectivity index (χ3n) is 2.89. The molecule has 1 aromatic heterocycles. The second kappa shape index (κ2) is 4.06. The number of rotatable bonds is 1. The van der Waals surface area contributed by atoms with Crippen LogP contribution in [-0.2, 0) is 11.8 Å². The van der Waals surface area contributed by atoms with Crippen LogP contribution in [0.1, 0.15) is 5.56 Å². The molecule has 1 saturated heterocycles. The van der Waals surface area contributed by atoms with Crippen LogP contribution >= 0.6 is 12.6 Å². The van der Waals surface area contributed by atoms with E-state index < -0.39 is 0 Å². The van der Waals surface area contributed by atoms with E-state index in [4.69, 9.17) is 0 Å². The van der Waals surface area contributed by atoms with Crippen molar-refractivity contribution in [2.75, 3.05) is 0 Å². The molecule has 92 valence electrons. The van der Waals surface area contributed by atoms with Crippen molar-refractivity contribution < 1.29 is 4.79 Å². The summed E-state index contributed by atoms with van der Waals surface area (Å²) in [5.41, 5.74) is 2.23. The molecule has 1 atom stereocenters. The summed E-state index contributed by atoms with van der Waals surface area (Å²) in [6, 6.07) is 5.94. The lowest BCUT2D eigenvalue weighted by Crippen LogP contribution is -2.25. The van der Waals surface area contributed by atoms with E-state index in [2.05, 4.69) is 28.4 Å². The van der Waals surface area contributed by atoms with Crippen molar-refractivity contribution in [1.29, 1.82) is 0 Å². The Labute approximate surface area is 109 Å². The van der Waals surface area contributed by atoms with E-state index in [1.165, 1.54) is 0 Å². The maximum atomic E-state index is 11.5. The lowest BCUT2D eigenvalue weighted by molar-refractivity contribution is -0.116. The second-order valence-electron chi connectivity index (χ2n) is 4.16. The highest BCUT2D eigenvalue weighted by atomic mass is 32.1. The number of carbonyl (C=O) groups excluding carboxylic acids is 1. The van der Waals surface area contributed by atoms with Gasteiger partial charge >= 0.3 is 0 Å². The van der Waals surface area contributed by atoms with Crippen molar-refractivity contribution in [3.05, 3.63) is 35.7 Å². The summed E-state index contributed by atoms with van der Waals surface area (Å²) in [7, 11) is 1.90. The van der Waals surface area contributed by atoms with E-state index >= 15 is 0 Å². The van der Waals surface area contributed by atoms with Crippen LogP contribution in [0.25, 0.3) is 17.0 Å². The zero-order valence-electron chi connectivity index (χ0n) is 9.71. The Bertz CT molecular complexity index is 661. The van der Waals surface area contributed by atoms with Gasteiger partial charge < -0.3 is 10.6 Å². The van der Waals surface area contributed by atoms with Crippen LogP contribution in [0.2, 0.25) is 0 Å². The quantitative estimate of drug-likeness (QED) is 0.526. The maximum absolute atomic E-state index is 11.5. The van der Waals surface area contributed by atoms with Crippen molar-refractivity contribution in [2.24, 2.45) is 7.05 Å². The zero-order chi connectivity index (χ0) is 12.7. The Morgan fingerprint density at radius 1 is 1.44 bits per heavy atom. The molecule has 0 bridgehead atoms. The number of carbonyl (C=O) groups is 1. The summed E-state index contributed by atoms with van der Waals surface area (Å²) in [5, 5.41) is 10.8. The molecule has 3 rings (SSSR count). The van der Waals surface area contributed by atoms with Gasteiger partial charge in [-0.3, -0.25) is 9.48 Å². The molecule has 1 aliphatic heterocycles. The van der Waals surface area contributed by atoms with Crippen molar-refractivity contribution >= 4 is 35.5 Å². The first-order valence-corrected chi connectivity index (χ1v) is 6.04. The fourth-order valence-corrected chi connectivity index (χ4v) is 2.25. The average molecular weight is 260 g/mol. The molecule has 2 heterocycles. The van der Waals surface area contributed by atoms with Gasteiger partial charge in [0.15, 0.2) is 0 Å². The number of fused-ring (bicyclic) bond motifs is 1. The zero-order valence-corrected chi connectivity index (χ0v) is 10.6. The van der Waals surface area contributed by atoms with Crippen LogP contribution in [0, 0.1) is 0 Å². The number of nitrogens with zero attached hydrogens (tertiary/aromatic N) is 2. The number of hydrogen-bond acceptors (Lipinski definition) is 4. The first-order valence-electron chi connectivity index (χ1n) is 5.52. The second-order valence-corrected chi connectivity index (χ2v) is 4.68. The third-order valence-corrected chi connectivity index (χ3v) is 3.14. The number of hydrogen-bond donors (Lipinski definition) is 3. The smallest absolute Gasteiger partial charge is 0.269 e. The average Bonchev–Trinajstić information content (AvgIpc) is 2.84. The molecular formula is C12H12N4OS. The van der Waals surface area contributed by atoms with Gasteiger partial charge in [-0.25, -0.2) is 0 Å². The Hall–Kier alpha value is -1.95. The van der Waals surface area contributed by atoms with Gasteiger partial charge in [0.1, 0.15) is 11.2 Å². The summed E-state index contributed by atoms with van der Waals surface area (Å²) in [5.74, 6) is -0.138. The Morgan fingerprint density at radius 3 is 3.00 bits per heavy atom. The van der Waals surface area contributed by atoms with Gasteiger partial charge in [0.2, 0.25) is 0 Å². The number of thiol groups is 1. The first-order chi connectivity index (χ1) is 8.63. The fourth-order valence-electron chi connectivity index (χ4n) is 2.00. The molecule has 1 fully saturated rings. The van der Waals surface area contributed by atoms with Gasteiger partial charge in [-0.2, -0.15) is 5.10 Å². The van der Waals surface area contributed by atoms with E-state index in [1.807, 2.05) is 29.9 Å². The summed E-state index contributed by atoms with van der Waals surface area (Å²) < 4.78 is 1.82. The Kier molecular flexibility index (Phi) is 2.52. The van der Waals surface area contributed by atoms with Gasteiger partial charge in [-0.05, 0) is 23.8 Å². The number of amides is 1. The molecule has 0 saturated carbocycles. The van der Waals surface area contributed by atoms with Crippen LogP contribution in [0.15, 0.2) is 30.1 Å². The van der Waals surface area contributed by atoms with Crippen LogP contribution in [0.4, 0.5) is 0 Å². The van der Waals surface area contributed by atoms with Crippen molar-refractivity contribution in [1.82, 2.24) is 20.4 Å². The van der Waals surface area contributed by atoms with Crippen molar-refractivity contribution in [2.45, 2.75) is 5.50 Å². The molecule has 2 aromatic rings. The molecule has 6 heteroatoms. The molecule has 1 aliphatic rings. The number of benzene rings is 1. The van der Waals surface area contributed by atoms with Crippen LogP contribution in [-0.4, -0.2) is 21.2 Å². The maximum Gasteiger partial charge on any atom is 0.269 e. The molecule has 5 nitrogen and oxygen atoms in total. The monoisotopic (exact) mass is 260 g/mol. The molecule has 18 heavy (non-hydrogen) atoms. The number of aromatic nitrogens is 2. The summed E-state index contributed by atoms with van der Waals surface area (Å²) in [6.07, 6.45) is 3.61. The minimum absolute atomic E-state index is 0.138. The van der Waals surface area contributed by atoms with E-state index in [0.717, 1.165) is 16.5 Å². The van der Waals surface area contributed by atoms with E-state index in [0.29, 0.717) is 5.70 Å². The van der Waals surface area contributed by atoms with Gasteiger partial charge in [0, 0.05) is 12.4 Å². The highest BCUT2D eigenvalue weighted by Gasteiger charge is 2.21. The molecule has 0 radical (unpaired) electrons. The Morgan fingerprint density at radius 2 is 2.28 bits per heavy atom. The minimum Gasteiger partial charge on any atom is -0.352 e. The van der Waals surface area contributed by atoms with Crippen molar-refractivity contribution in [3.63, 3.8) is 0 Å². The first kappa shape index (κ1) is 11.2. The fraction of sp³-hybridized carbons (Fsp3) is 0.167. The van der Waals surface area contributed by atoms with Crippen molar-refractivity contribution in [3.8, 4) is 0 Å². The van der Waals surface area contributed by atoms with Crippen LogP contribution < -0.4 is 10.6 Å². The van der Waals surface area contributed by atoms with E-state index in [-0.39, 0.29) is 11.4 Å². The predicted octanol–water partition coefficient (Wildman–Crippen LogP) is 0.847. The highest BCUT2D eigenvalue weighted by molar-refractivity contribution is 7.80. The Balaban J connectivity index is 2.00. The normalized spacial score (nSPS) is 21.3. The summed E-state index contributed by atoms with van der Waals surface area (Å²) in [4.78, 5) is 11.5. The number of nitrogens with one attached hydrogen (secondary N) is 2. The van der Waals surface area contributed by atoms with Crippen LogP contribution in [0.5, 0.6) is 0 Å². The van der Waals surface area contributed by atoms with Gasteiger partial charge in [-0.15, -0.1) is 12.6 Å². The summed E-state index contributed by atoms with van der Waals surface area (Å²) >= 11 is 4.14. The number of aryl methyl sites for hydroxylation is 1. The molecule has 1 unspecified atom stereocenters. The lowest BCUT2D eigenvalue weighted by Gasteiger charge is -2.00. The molecule has 0 spiro atoms. The van der Waals surface area contributed by atoms with Gasteiger partial charge in [0.25, 0.3) is 5.91 Å². The predicted molar refractivity (Wildman–Crippen MR) is 72.7 cm³/mol. The molecular weight excluding hydrogens is 248 g/mol. The van der Waals surface area contributed by atoms with E-state index in [9.17, 15) is 4.79 Å². The third kappa shape index (κ3) is 1.84. The van der Waals surface area contributed by atoms with Crippen LogP contribution in [0.3, 0.4) is 0 Å². The standard InChI is InChI=1S/C12H12N4OS/c1-16-10-3-2-7(4-8(10)6-13-16)5-9-11(17)15-12(18)14-9/h2-6,12,14,18H,1H3,(H,15,17)/b9-5-. The van der Waals surface area contributed by atoms with Gasteiger partial charge in [-0.1, -0.05) is 6.07 Å². The summed E-state index contributed by atoms with van der Waals surface area (Å²) in [6.45, 7) is 0. The minimum atomic E-state index is -0.314. The highest BCUT2D eigenvalue weighted by Crippen LogP contribution is 2.17. The molecule has 1 amide bonds. The SMILES string of the molecule is Cn1ncc2cc(/C=C3\NC(S)NC3=O)ccc21.